The molecule has 3 N–H and O–H groups in total. The molecule has 0 bridgehead atoms. The van der Waals surface area contributed by atoms with Crippen LogP contribution in [0.25, 0.3) is 0 Å². The minimum Gasteiger partial charge on any atom is -0.383 e. The average molecular weight is 384 g/mol. The van der Waals surface area contributed by atoms with Crippen molar-refractivity contribution in [3.05, 3.63) is 71.8 Å². The number of benzene rings is 2. The number of hydrogen-bond acceptors (Lipinski definition) is 2. The molecular weight excluding hydrogens is 350 g/mol. The van der Waals surface area contributed by atoms with Gasteiger partial charge in [0.15, 0.2) is 6.04 Å². The van der Waals surface area contributed by atoms with E-state index in [2.05, 4.69) is 66.0 Å². The predicted molar refractivity (Wildman–Crippen MR) is 110 cm³/mol. The summed E-state index contributed by atoms with van der Waals surface area (Å²) in [5.41, 5.74) is 2.72. The highest BCUT2D eigenvalue weighted by atomic mass is 16.5. The van der Waals surface area contributed by atoms with Gasteiger partial charge < -0.3 is 19.9 Å². The Morgan fingerprint density at radius 3 is 1.93 bits per heavy atom. The van der Waals surface area contributed by atoms with Gasteiger partial charge in [0.2, 0.25) is 0 Å². The summed E-state index contributed by atoms with van der Waals surface area (Å²) in [4.78, 5) is 15.3. The number of hydrogen-bond donors (Lipinski definition) is 3. The highest BCUT2D eigenvalue weighted by Gasteiger charge is 2.35. The lowest BCUT2D eigenvalue weighted by Crippen LogP contribution is -3.30. The molecular formula is C23H33N3O2+2. The van der Waals surface area contributed by atoms with Gasteiger partial charge in [-0.05, 0) is 6.92 Å². The predicted octanol–water partition coefficient (Wildman–Crippen LogP) is -0.289. The summed E-state index contributed by atoms with van der Waals surface area (Å²) in [6, 6.07) is 21.9. The number of quaternary nitrogens is 2. The lowest BCUT2D eigenvalue weighted by Gasteiger charge is -2.36. The molecule has 0 radical (unpaired) electrons. The Bertz CT molecular complexity index is 676. The van der Waals surface area contributed by atoms with Crippen LogP contribution in [-0.2, 0) is 9.53 Å². The Morgan fingerprint density at radius 1 is 0.929 bits per heavy atom. The molecule has 28 heavy (non-hydrogen) atoms. The van der Waals surface area contributed by atoms with Gasteiger partial charge in [0, 0.05) is 24.8 Å². The molecule has 0 aliphatic carbocycles. The van der Waals surface area contributed by atoms with Crippen LogP contribution in [0.1, 0.15) is 24.1 Å². The van der Waals surface area contributed by atoms with Crippen LogP contribution in [0.15, 0.2) is 60.7 Å². The van der Waals surface area contributed by atoms with Crippen molar-refractivity contribution in [1.82, 2.24) is 5.32 Å². The first-order valence-electron chi connectivity index (χ1n) is 10.3. The van der Waals surface area contributed by atoms with Gasteiger partial charge in [0.05, 0.1) is 6.61 Å². The van der Waals surface area contributed by atoms with Gasteiger partial charge in [0.25, 0.3) is 5.91 Å². The molecule has 1 amide bonds. The summed E-state index contributed by atoms with van der Waals surface area (Å²) in [5.74, 6) is 0.123. The topological polar surface area (TPSA) is 47.2 Å². The number of piperazine rings is 1. The van der Waals surface area contributed by atoms with E-state index in [-0.39, 0.29) is 11.9 Å². The van der Waals surface area contributed by atoms with E-state index in [0.29, 0.717) is 19.2 Å². The number of carbonyl (C=O) groups excluding carboxylic acids is 1. The molecule has 2 aromatic rings. The molecule has 1 saturated heterocycles. The van der Waals surface area contributed by atoms with Crippen molar-refractivity contribution in [3.8, 4) is 0 Å². The number of ether oxygens (including phenoxy) is 1. The quantitative estimate of drug-likeness (QED) is 0.549. The summed E-state index contributed by atoms with van der Waals surface area (Å²) in [6.07, 6.45) is 0. The van der Waals surface area contributed by atoms with Crippen molar-refractivity contribution in [2.45, 2.75) is 19.0 Å². The molecule has 150 valence electrons. The molecule has 1 aliphatic rings. The van der Waals surface area contributed by atoms with Crippen LogP contribution in [0.2, 0.25) is 0 Å². The standard InChI is InChI=1S/C23H31N3O2/c1-19(23(27)24-13-18-28-2)25-14-16-26(17-15-25)22(20-9-5-3-6-10-20)21-11-7-4-8-12-21/h3-12,19,22H,13-18H2,1-2H3,(H,24,27)/p+2/t19-/m1/s1. The minimum atomic E-state index is -0.0229. The average Bonchev–Trinajstić information content (AvgIpc) is 2.75. The Labute approximate surface area is 168 Å². The van der Waals surface area contributed by atoms with Crippen LogP contribution in [0.4, 0.5) is 0 Å². The fraction of sp³-hybridized carbons (Fsp3) is 0.435. The molecule has 3 rings (SSSR count). The van der Waals surface area contributed by atoms with E-state index in [0.717, 1.165) is 26.2 Å². The van der Waals surface area contributed by atoms with E-state index in [9.17, 15) is 4.79 Å². The summed E-state index contributed by atoms with van der Waals surface area (Å²) in [7, 11) is 1.65. The maximum absolute atomic E-state index is 12.4. The van der Waals surface area contributed by atoms with E-state index in [4.69, 9.17) is 4.74 Å². The second kappa shape index (κ2) is 10.4. The maximum atomic E-state index is 12.4. The van der Waals surface area contributed by atoms with Gasteiger partial charge in [-0.2, -0.15) is 0 Å². The van der Waals surface area contributed by atoms with E-state index in [1.807, 2.05) is 6.92 Å². The zero-order chi connectivity index (χ0) is 19.8. The lowest BCUT2D eigenvalue weighted by atomic mass is 9.96. The lowest BCUT2D eigenvalue weighted by molar-refractivity contribution is -1.03. The first-order chi connectivity index (χ1) is 13.7. The molecule has 1 atom stereocenters. The van der Waals surface area contributed by atoms with E-state index < -0.39 is 0 Å². The van der Waals surface area contributed by atoms with Crippen LogP contribution >= 0.6 is 0 Å². The van der Waals surface area contributed by atoms with Gasteiger partial charge in [-0.1, -0.05) is 60.7 Å². The zero-order valence-corrected chi connectivity index (χ0v) is 17.0. The van der Waals surface area contributed by atoms with Gasteiger partial charge in [-0.15, -0.1) is 0 Å². The molecule has 0 saturated carbocycles. The van der Waals surface area contributed by atoms with Crippen molar-refractivity contribution in [2.75, 3.05) is 46.4 Å². The Kier molecular flexibility index (Phi) is 7.60. The van der Waals surface area contributed by atoms with Crippen LogP contribution in [-0.4, -0.2) is 58.4 Å². The van der Waals surface area contributed by atoms with Crippen molar-refractivity contribution >= 4 is 5.91 Å². The molecule has 1 heterocycles. The van der Waals surface area contributed by atoms with Crippen LogP contribution in [0.3, 0.4) is 0 Å². The summed E-state index contributed by atoms with van der Waals surface area (Å²) in [5, 5.41) is 2.97. The Morgan fingerprint density at radius 2 is 1.43 bits per heavy atom. The third-order valence-corrected chi connectivity index (χ3v) is 5.82. The van der Waals surface area contributed by atoms with Crippen LogP contribution in [0.5, 0.6) is 0 Å². The van der Waals surface area contributed by atoms with E-state index >= 15 is 0 Å². The minimum absolute atomic E-state index is 0.0229. The summed E-state index contributed by atoms with van der Waals surface area (Å²) in [6.45, 7) is 7.29. The molecule has 5 heteroatoms. The molecule has 1 fully saturated rings. The summed E-state index contributed by atoms with van der Waals surface area (Å²) >= 11 is 0. The van der Waals surface area contributed by atoms with Crippen LogP contribution in [0, 0.1) is 0 Å². The number of amides is 1. The number of carbonyl (C=O) groups is 1. The zero-order valence-electron chi connectivity index (χ0n) is 17.0. The first kappa shape index (κ1) is 20.5. The van der Waals surface area contributed by atoms with Crippen LogP contribution < -0.4 is 15.1 Å². The molecule has 5 nitrogen and oxygen atoms in total. The Balaban J connectivity index is 1.65. The third-order valence-electron chi connectivity index (χ3n) is 5.82. The highest BCUT2D eigenvalue weighted by Crippen LogP contribution is 2.18. The molecule has 2 aromatic carbocycles. The maximum Gasteiger partial charge on any atom is 0.278 e. The van der Waals surface area contributed by atoms with Gasteiger partial charge in [0.1, 0.15) is 32.2 Å². The van der Waals surface area contributed by atoms with Gasteiger partial charge >= 0.3 is 0 Å². The number of methoxy groups -OCH3 is 1. The van der Waals surface area contributed by atoms with Crippen molar-refractivity contribution < 1.29 is 19.3 Å². The monoisotopic (exact) mass is 383 g/mol. The van der Waals surface area contributed by atoms with Crippen molar-refractivity contribution in [3.63, 3.8) is 0 Å². The third kappa shape index (κ3) is 5.19. The highest BCUT2D eigenvalue weighted by molar-refractivity contribution is 5.79. The second-order valence-corrected chi connectivity index (χ2v) is 7.58. The normalized spacial score (nSPS) is 20.7. The van der Waals surface area contributed by atoms with Crippen molar-refractivity contribution in [1.29, 1.82) is 0 Å². The number of nitrogens with one attached hydrogen (secondary N) is 3. The molecule has 0 aromatic heterocycles. The van der Waals surface area contributed by atoms with Gasteiger partial charge in [-0.25, -0.2) is 0 Å². The fourth-order valence-electron chi connectivity index (χ4n) is 4.18. The first-order valence-corrected chi connectivity index (χ1v) is 10.3. The molecule has 0 spiro atoms. The Hall–Kier alpha value is -2.21. The van der Waals surface area contributed by atoms with Gasteiger partial charge in [-0.3, -0.25) is 4.79 Å². The van der Waals surface area contributed by atoms with E-state index in [1.165, 1.54) is 16.0 Å². The van der Waals surface area contributed by atoms with Crippen molar-refractivity contribution in [2.24, 2.45) is 0 Å². The smallest absolute Gasteiger partial charge is 0.278 e. The molecule has 0 unspecified atom stereocenters. The fourth-order valence-corrected chi connectivity index (χ4v) is 4.18. The van der Waals surface area contributed by atoms with E-state index in [1.54, 1.807) is 12.0 Å². The second-order valence-electron chi connectivity index (χ2n) is 7.58. The summed E-state index contributed by atoms with van der Waals surface area (Å²) < 4.78 is 5.02. The SMILES string of the molecule is COCCNC(=O)[C@@H](C)[NH+]1CC[NH+](C(c2ccccc2)c2ccccc2)CC1. The number of rotatable bonds is 8. The largest absolute Gasteiger partial charge is 0.383 e. The molecule has 1 aliphatic heterocycles.